The molecule has 0 amide bonds. The van der Waals surface area contributed by atoms with E-state index < -0.39 is 11.7 Å². The zero-order valence-corrected chi connectivity index (χ0v) is 9.88. The molecular formula is C12H17F3N2. The molecule has 1 unspecified atom stereocenters. The van der Waals surface area contributed by atoms with E-state index in [0.29, 0.717) is 18.2 Å². The molecule has 1 aromatic carbocycles. The summed E-state index contributed by atoms with van der Waals surface area (Å²) in [6, 6.07) is 5.04. The van der Waals surface area contributed by atoms with Gasteiger partial charge in [0.05, 0.1) is 5.56 Å². The first-order valence-corrected chi connectivity index (χ1v) is 5.48. The van der Waals surface area contributed by atoms with Crippen molar-refractivity contribution >= 4 is 5.69 Å². The van der Waals surface area contributed by atoms with Crippen LogP contribution in [0.1, 0.15) is 19.4 Å². The van der Waals surface area contributed by atoms with Gasteiger partial charge in [0, 0.05) is 18.3 Å². The maximum atomic E-state index is 12.3. The van der Waals surface area contributed by atoms with Crippen LogP contribution >= 0.6 is 0 Å². The molecule has 0 radical (unpaired) electrons. The lowest BCUT2D eigenvalue weighted by atomic mass is 10.0. The van der Waals surface area contributed by atoms with E-state index >= 15 is 0 Å². The van der Waals surface area contributed by atoms with E-state index in [1.807, 2.05) is 13.8 Å². The minimum atomic E-state index is -4.29. The van der Waals surface area contributed by atoms with Crippen molar-refractivity contribution in [3.63, 3.8) is 0 Å². The van der Waals surface area contributed by atoms with E-state index in [1.54, 1.807) is 0 Å². The number of nitrogens with one attached hydrogen (secondary N) is 1. The van der Waals surface area contributed by atoms with Crippen LogP contribution in [0.3, 0.4) is 0 Å². The highest BCUT2D eigenvalue weighted by Gasteiger charge is 2.29. The highest BCUT2D eigenvalue weighted by molar-refractivity contribution is 5.46. The lowest BCUT2D eigenvalue weighted by Crippen LogP contribution is -2.33. The SMILES string of the molecule is CC(C)C(CN)Nc1ccc(C(F)(F)F)cc1. The Balaban J connectivity index is 2.75. The Bertz CT molecular complexity index is 344. The van der Waals surface area contributed by atoms with Gasteiger partial charge < -0.3 is 11.1 Å². The number of nitrogens with two attached hydrogens (primary N) is 1. The van der Waals surface area contributed by atoms with Crippen LogP contribution in [-0.2, 0) is 6.18 Å². The topological polar surface area (TPSA) is 38.0 Å². The summed E-state index contributed by atoms with van der Waals surface area (Å²) in [5.41, 5.74) is 5.59. The number of alkyl halides is 3. The third-order valence-electron chi connectivity index (χ3n) is 2.62. The van der Waals surface area contributed by atoms with Crippen molar-refractivity contribution in [3.05, 3.63) is 29.8 Å². The van der Waals surface area contributed by atoms with Gasteiger partial charge in [0.1, 0.15) is 0 Å². The van der Waals surface area contributed by atoms with E-state index in [4.69, 9.17) is 5.73 Å². The molecule has 0 spiro atoms. The standard InChI is InChI=1S/C12H17F3N2/c1-8(2)11(7-16)17-10-5-3-9(4-6-10)12(13,14)15/h3-6,8,11,17H,7,16H2,1-2H3. The van der Waals surface area contributed by atoms with Gasteiger partial charge in [-0.2, -0.15) is 13.2 Å². The minimum Gasteiger partial charge on any atom is -0.381 e. The van der Waals surface area contributed by atoms with E-state index in [1.165, 1.54) is 12.1 Å². The summed E-state index contributed by atoms with van der Waals surface area (Å²) in [4.78, 5) is 0. The molecule has 3 N–H and O–H groups in total. The van der Waals surface area contributed by atoms with Crippen LogP contribution in [0, 0.1) is 5.92 Å². The number of halogens is 3. The van der Waals surface area contributed by atoms with Gasteiger partial charge in [-0.25, -0.2) is 0 Å². The third-order valence-corrected chi connectivity index (χ3v) is 2.62. The van der Waals surface area contributed by atoms with Gasteiger partial charge in [-0.15, -0.1) is 0 Å². The highest BCUT2D eigenvalue weighted by atomic mass is 19.4. The van der Waals surface area contributed by atoms with Crippen molar-refractivity contribution in [2.75, 3.05) is 11.9 Å². The summed E-state index contributed by atoms with van der Waals surface area (Å²) in [5, 5.41) is 3.11. The van der Waals surface area contributed by atoms with Crippen LogP contribution in [0.4, 0.5) is 18.9 Å². The average molecular weight is 246 g/mol. The number of benzene rings is 1. The number of hydrogen-bond donors (Lipinski definition) is 2. The van der Waals surface area contributed by atoms with Gasteiger partial charge in [0.25, 0.3) is 0 Å². The van der Waals surface area contributed by atoms with Crippen molar-refractivity contribution in [2.45, 2.75) is 26.1 Å². The largest absolute Gasteiger partial charge is 0.416 e. The van der Waals surface area contributed by atoms with Gasteiger partial charge in [0.15, 0.2) is 0 Å². The van der Waals surface area contributed by atoms with Crippen LogP contribution in [0.25, 0.3) is 0 Å². The Labute approximate surface area is 99.0 Å². The van der Waals surface area contributed by atoms with E-state index in [0.717, 1.165) is 12.1 Å². The molecule has 0 saturated carbocycles. The molecule has 0 aliphatic carbocycles. The predicted molar refractivity (Wildman–Crippen MR) is 62.7 cm³/mol. The van der Waals surface area contributed by atoms with Gasteiger partial charge in [0.2, 0.25) is 0 Å². The smallest absolute Gasteiger partial charge is 0.381 e. The fourth-order valence-electron chi connectivity index (χ4n) is 1.47. The van der Waals surface area contributed by atoms with Gasteiger partial charge in [-0.1, -0.05) is 13.8 Å². The van der Waals surface area contributed by atoms with Crippen molar-refractivity contribution in [1.82, 2.24) is 0 Å². The fourth-order valence-corrected chi connectivity index (χ4v) is 1.47. The van der Waals surface area contributed by atoms with Gasteiger partial charge in [-0.3, -0.25) is 0 Å². The third kappa shape index (κ3) is 3.93. The summed E-state index contributed by atoms with van der Waals surface area (Å²) in [6.07, 6.45) is -4.29. The lowest BCUT2D eigenvalue weighted by Gasteiger charge is -2.22. The van der Waals surface area contributed by atoms with Crippen LogP contribution in [0.5, 0.6) is 0 Å². The van der Waals surface area contributed by atoms with Crippen molar-refractivity contribution < 1.29 is 13.2 Å². The average Bonchev–Trinajstić information content (AvgIpc) is 2.25. The van der Waals surface area contributed by atoms with E-state index in [9.17, 15) is 13.2 Å². The van der Waals surface area contributed by atoms with Crippen molar-refractivity contribution in [2.24, 2.45) is 11.7 Å². The number of anilines is 1. The summed E-state index contributed by atoms with van der Waals surface area (Å²) in [7, 11) is 0. The number of rotatable bonds is 4. The van der Waals surface area contributed by atoms with E-state index in [2.05, 4.69) is 5.32 Å². The molecule has 0 aromatic heterocycles. The summed E-state index contributed by atoms with van der Waals surface area (Å²) in [6.45, 7) is 4.46. The van der Waals surface area contributed by atoms with Crippen LogP contribution in [0.2, 0.25) is 0 Å². The Kier molecular flexibility index (Phi) is 4.40. The molecule has 5 heteroatoms. The molecule has 17 heavy (non-hydrogen) atoms. The molecular weight excluding hydrogens is 229 g/mol. The van der Waals surface area contributed by atoms with E-state index in [-0.39, 0.29) is 6.04 Å². The maximum absolute atomic E-state index is 12.3. The molecule has 0 heterocycles. The Morgan fingerprint density at radius 1 is 1.18 bits per heavy atom. The molecule has 0 bridgehead atoms. The zero-order chi connectivity index (χ0) is 13.1. The number of hydrogen-bond acceptors (Lipinski definition) is 2. The minimum absolute atomic E-state index is 0.0618. The Hall–Kier alpha value is -1.23. The summed E-state index contributed by atoms with van der Waals surface area (Å²) >= 11 is 0. The summed E-state index contributed by atoms with van der Waals surface area (Å²) in [5.74, 6) is 0.322. The van der Waals surface area contributed by atoms with Crippen LogP contribution < -0.4 is 11.1 Å². The Morgan fingerprint density at radius 2 is 1.71 bits per heavy atom. The molecule has 2 nitrogen and oxygen atoms in total. The molecule has 96 valence electrons. The second kappa shape index (κ2) is 5.40. The lowest BCUT2D eigenvalue weighted by molar-refractivity contribution is -0.137. The molecule has 0 saturated heterocycles. The quantitative estimate of drug-likeness (QED) is 0.856. The molecule has 0 aliphatic heterocycles. The van der Waals surface area contributed by atoms with Gasteiger partial charge >= 0.3 is 6.18 Å². The maximum Gasteiger partial charge on any atom is 0.416 e. The van der Waals surface area contributed by atoms with Crippen LogP contribution in [-0.4, -0.2) is 12.6 Å². The normalized spacial score (nSPS) is 13.8. The fraction of sp³-hybridized carbons (Fsp3) is 0.500. The predicted octanol–water partition coefficient (Wildman–Crippen LogP) is 3.10. The zero-order valence-electron chi connectivity index (χ0n) is 9.88. The van der Waals surface area contributed by atoms with Crippen molar-refractivity contribution in [3.8, 4) is 0 Å². The first kappa shape index (κ1) is 13.8. The highest BCUT2D eigenvalue weighted by Crippen LogP contribution is 2.29. The second-order valence-corrected chi connectivity index (χ2v) is 4.31. The van der Waals surface area contributed by atoms with Gasteiger partial charge in [-0.05, 0) is 30.2 Å². The summed E-state index contributed by atoms with van der Waals surface area (Å²) < 4.78 is 37.0. The molecule has 0 aliphatic rings. The first-order valence-electron chi connectivity index (χ1n) is 5.48. The van der Waals surface area contributed by atoms with Crippen LogP contribution in [0.15, 0.2) is 24.3 Å². The first-order chi connectivity index (χ1) is 7.84. The second-order valence-electron chi connectivity index (χ2n) is 4.31. The Morgan fingerprint density at radius 3 is 2.06 bits per heavy atom. The molecule has 1 rings (SSSR count). The molecule has 1 atom stereocenters. The molecule has 0 fully saturated rings. The monoisotopic (exact) mass is 246 g/mol. The molecule has 1 aromatic rings. The van der Waals surface area contributed by atoms with Crippen molar-refractivity contribution in [1.29, 1.82) is 0 Å².